The molecule has 1 aromatic heterocycles. The van der Waals surface area contributed by atoms with Gasteiger partial charge in [-0.25, -0.2) is 0 Å². The van der Waals surface area contributed by atoms with E-state index >= 15 is 0 Å². The molecule has 0 saturated carbocycles. The third-order valence-electron chi connectivity index (χ3n) is 2.45. The van der Waals surface area contributed by atoms with Crippen molar-refractivity contribution in [1.29, 1.82) is 0 Å². The van der Waals surface area contributed by atoms with Gasteiger partial charge in [-0.1, -0.05) is 19.1 Å². The molecule has 1 aromatic carbocycles. The van der Waals surface area contributed by atoms with Crippen LogP contribution in [0.1, 0.15) is 18.1 Å². The van der Waals surface area contributed by atoms with Crippen molar-refractivity contribution in [2.75, 3.05) is 6.26 Å². The molecule has 0 aliphatic heterocycles. The summed E-state index contributed by atoms with van der Waals surface area (Å²) in [6, 6.07) is 6.93. The van der Waals surface area contributed by atoms with Crippen molar-refractivity contribution in [2.24, 2.45) is 0 Å². The molecule has 0 radical (unpaired) electrons. The molecule has 0 atom stereocenters. The Morgan fingerprint density at radius 3 is 2.71 bits per heavy atom. The third-order valence-corrected chi connectivity index (χ3v) is 4.80. The van der Waals surface area contributed by atoms with E-state index in [1.807, 2.05) is 23.1 Å². The Morgan fingerprint density at radius 2 is 2.07 bits per heavy atom. The highest BCUT2D eigenvalue weighted by atomic mass is 32.2. The second kappa shape index (κ2) is 3.95. The predicted octanol–water partition coefficient (Wildman–Crippen LogP) is 4.49. The van der Waals surface area contributed by atoms with Crippen molar-refractivity contribution in [3.63, 3.8) is 0 Å². The summed E-state index contributed by atoms with van der Waals surface area (Å²) in [6.45, 7) is 4.42. The van der Waals surface area contributed by atoms with E-state index in [1.165, 1.54) is 25.4 Å². The molecule has 0 aliphatic carbocycles. The maximum atomic E-state index is 2.32. The van der Waals surface area contributed by atoms with Crippen molar-refractivity contribution >= 4 is 33.2 Å². The molecule has 2 heteroatoms. The molecule has 0 spiro atoms. The smallest absolute Gasteiger partial charge is 0.0608 e. The fraction of sp³-hybridized carbons (Fsp3) is 0.333. The predicted molar refractivity (Wildman–Crippen MR) is 67.7 cm³/mol. The zero-order valence-corrected chi connectivity index (χ0v) is 10.4. The normalized spacial score (nSPS) is 11.1. The maximum absolute atomic E-state index is 2.32. The van der Waals surface area contributed by atoms with Crippen LogP contribution in [0.25, 0.3) is 10.1 Å². The zero-order valence-electron chi connectivity index (χ0n) is 8.76. The van der Waals surface area contributed by atoms with E-state index in [2.05, 4.69) is 38.3 Å². The Hall–Kier alpha value is -0.470. The van der Waals surface area contributed by atoms with Crippen LogP contribution in [0.4, 0.5) is 0 Å². The van der Waals surface area contributed by atoms with Gasteiger partial charge in [-0.3, -0.25) is 0 Å². The molecule has 0 saturated heterocycles. The van der Waals surface area contributed by atoms with Gasteiger partial charge in [0.2, 0.25) is 0 Å². The van der Waals surface area contributed by atoms with Crippen LogP contribution >= 0.6 is 23.1 Å². The van der Waals surface area contributed by atoms with E-state index in [1.54, 1.807) is 0 Å². The van der Waals surface area contributed by atoms with Gasteiger partial charge in [0.1, 0.15) is 0 Å². The minimum Gasteiger partial charge on any atom is -0.129 e. The number of hydrogen-bond donors (Lipinski definition) is 0. The second-order valence-corrected chi connectivity index (χ2v) is 5.61. The summed E-state index contributed by atoms with van der Waals surface area (Å²) in [5, 5.41) is 1.41. The summed E-state index contributed by atoms with van der Waals surface area (Å²) in [6.07, 6.45) is 3.27. The second-order valence-electron chi connectivity index (χ2n) is 3.45. The number of fused-ring (bicyclic) bond motifs is 1. The summed E-state index contributed by atoms with van der Waals surface area (Å²) in [4.78, 5) is 0. The molecule has 0 N–H and O–H groups in total. The molecule has 0 amide bonds. The van der Waals surface area contributed by atoms with E-state index < -0.39 is 0 Å². The first-order valence-electron chi connectivity index (χ1n) is 4.81. The van der Waals surface area contributed by atoms with Gasteiger partial charge in [0.25, 0.3) is 0 Å². The van der Waals surface area contributed by atoms with Crippen LogP contribution in [0, 0.1) is 6.92 Å². The van der Waals surface area contributed by atoms with Crippen molar-refractivity contribution in [1.82, 2.24) is 0 Å². The average molecular weight is 222 g/mol. The van der Waals surface area contributed by atoms with Gasteiger partial charge in [0, 0.05) is 4.70 Å². The van der Waals surface area contributed by atoms with Crippen molar-refractivity contribution in [2.45, 2.75) is 24.5 Å². The van der Waals surface area contributed by atoms with Gasteiger partial charge in [-0.05, 0) is 42.2 Å². The fourth-order valence-corrected chi connectivity index (χ4v) is 3.36. The van der Waals surface area contributed by atoms with E-state index in [0.29, 0.717) is 0 Å². The Labute approximate surface area is 93.3 Å². The number of thioether (sulfide) groups is 1. The highest BCUT2D eigenvalue weighted by molar-refractivity contribution is 8.00. The molecular weight excluding hydrogens is 208 g/mol. The van der Waals surface area contributed by atoms with Crippen LogP contribution in [0.15, 0.2) is 22.4 Å². The standard InChI is InChI=1S/C12H14S2/c1-4-9-5-8(2)12-10(6-9)7-11(13-3)14-12/h5-7H,4H2,1-3H3. The lowest BCUT2D eigenvalue weighted by atomic mass is 10.1. The summed E-state index contributed by atoms with van der Waals surface area (Å²) in [5.74, 6) is 0. The molecule has 0 fully saturated rings. The fourth-order valence-electron chi connectivity index (χ4n) is 1.69. The molecule has 0 unspecified atom stereocenters. The molecule has 0 nitrogen and oxygen atoms in total. The molecule has 74 valence electrons. The molecule has 1 heterocycles. The number of hydrogen-bond acceptors (Lipinski definition) is 2. The van der Waals surface area contributed by atoms with Crippen LogP contribution in [0.3, 0.4) is 0 Å². The highest BCUT2D eigenvalue weighted by Gasteiger charge is 2.04. The SMILES string of the molecule is CCc1cc(C)c2sc(SC)cc2c1. The number of rotatable bonds is 2. The molecule has 2 rings (SSSR count). The number of thiophene rings is 1. The lowest BCUT2D eigenvalue weighted by Crippen LogP contribution is -1.81. The van der Waals surface area contributed by atoms with Gasteiger partial charge in [-0.15, -0.1) is 23.1 Å². The minimum absolute atomic E-state index is 1.13. The van der Waals surface area contributed by atoms with Crippen LogP contribution in [-0.4, -0.2) is 6.26 Å². The molecule has 14 heavy (non-hydrogen) atoms. The number of benzene rings is 1. The molecule has 2 aromatic rings. The first-order valence-corrected chi connectivity index (χ1v) is 6.85. The lowest BCUT2D eigenvalue weighted by molar-refractivity contribution is 1.14. The summed E-state index contributed by atoms with van der Waals surface area (Å²) in [7, 11) is 0. The van der Waals surface area contributed by atoms with Crippen molar-refractivity contribution in [3.05, 3.63) is 29.3 Å². The first-order chi connectivity index (χ1) is 6.74. The van der Waals surface area contributed by atoms with Gasteiger partial charge >= 0.3 is 0 Å². The molecule has 0 aliphatic rings. The Morgan fingerprint density at radius 1 is 1.29 bits per heavy atom. The van der Waals surface area contributed by atoms with Gasteiger partial charge in [-0.2, -0.15) is 0 Å². The van der Waals surface area contributed by atoms with Crippen molar-refractivity contribution in [3.8, 4) is 0 Å². The third kappa shape index (κ3) is 1.69. The van der Waals surface area contributed by atoms with Crippen molar-refractivity contribution < 1.29 is 0 Å². The van der Waals surface area contributed by atoms with Crippen LogP contribution < -0.4 is 0 Å². The van der Waals surface area contributed by atoms with Crippen LogP contribution in [-0.2, 0) is 6.42 Å². The Kier molecular flexibility index (Phi) is 2.84. The minimum atomic E-state index is 1.13. The summed E-state index contributed by atoms with van der Waals surface area (Å²) >= 11 is 3.74. The van der Waals surface area contributed by atoms with E-state index in [4.69, 9.17) is 0 Å². The quantitative estimate of drug-likeness (QED) is 0.674. The Bertz CT molecular complexity index is 455. The summed E-state index contributed by atoms with van der Waals surface area (Å²) < 4.78 is 2.86. The zero-order chi connectivity index (χ0) is 10.1. The van der Waals surface area contributed by atoms with Gasteiger partial charge < -0.3 is 0 Å². The maximum Gasteiger partial charge on any atom is 0.0608 e. The summed E-state index contributed by atoms with van der Waals surface area (Å²) in [5.41, 5.74) is 2.87. The first kappa shape index (κ1) is 10.1. The largest absolute Gasteiger partial charge is 0.129 e. The number of aryl methyl sites for hydroxylation is 2. The van der Waals surface area contributed by atoms with Gasteiger partial charge in [0.05, 0.1) is 4.21 Å². The molecule has 0 bridgehead atoms. The van der Waals surface area contributed by atoms with E-state index in [-0.39, 0.29) is 0 Å². The monoisotopic (exact) mass is 222 g/mol. The van der Waals surface area contributed by atoms with Crippen LogP contribution in [0.5, 0.6) is 0 Å². The topological polar surface area (TPSA) is 0 Å². The highest BCUT2D eigenvalue weighted by Crippen LogP contribution is 2.34. The Balaban J connectivity index is 2.67. The van der Waals surface area contributed by atoms with Gasteiger partial charge in [0.15, 0.2) is 0 Å². The van der Waals surface area contributed by atoms with E-state index in [0.717, 1.165) is 6.42 Å². The lowest BCUT2D eigenvalue weighted by Gasteiger charge is -2.00. The average Bonchev–Trinajstić information content (AvgIpc) is 2.61. The van der Waals surface area contributed by atoms with E-state index in [9.17, 15) is 0 Å². The molecular formula is C12H14S2. The van der Waals surface area contributed by atoms with Crippen LogP contribution in [0.2, 0.25) is 0 Å².